The van der Waals surface area contributed by atoms with Gasteiger partial charge in [0, 0.05) is 36.0 Å². The van der Waals surface area contributed by atoms with Crippen molar-refractivity contribution in [3.63, 3.8) is 0 Å². The van der Waals surface area contributed by atoms with Crippen molar-refractivity contribution < 1.29 is 4.79 Å². The van der Waals surface area contributed by atoms with Gasteiger partial charge in [-0.25, -0.2) is 9.97 Å². The van der Waals surface area contributed by atoms with Crippen molar-refractivity contribution in [3.05, 3.63) is 50.8 Å². The summed E-state index contributed by atoms with van der Waals surface area (Å²) in [6.07, 6.45) is 4.79. The maximum atomic E-state index is 12.7. The summed E-state index contributed by atoms with van der Waals surface area (Å²) in [7, 11) is 0. The molecule has 1 saturated heterocycles. The van der Waals surface area contributed by atoms with Crippen molar-refractivity contribution in [3.8, 4) is 0 Å². The summed E-state index contributed by atoms with van der Waals surface area (Å²) in [6, 6.07) is 2.36. The summed E-state index contributed by atoms with van der Waals surface area (Å²) in [5.41, 5.74) is 3.20. The Balaban J connectivity index is 1.80. The zero-order chi connectivity index (χ0) is 19.6. The quantitative estimate of drug-likeness (QED) is 0.844. The fourth-order valence-electron chi connectivity index (χ4n) is 3.85. The summed E-state index contributed by atoms with van der Waals surface area (Å²) in [5.74, 6) is 0.548. The van der Waals surface area contributed by atoms with Crippen molar-refractivity contribution >= 4 is 11.7 Å². The number of carbonyl (C=O) groups is 1. The number of aryl methyl sites for hydroxylation is 2. The van der Waals surface area contributed by atoms with E-state index in [1.54, 1.807) is 0 Å². The molecule has 7 heteroatoms. The van der Waals surface area contributed by atoms with Gasteiger partial charge in [-0.1, -0.05) is 6.92 Å². The Kier molecular flexibility index (Phi) is 5.58. The molecule has 0 spiro atoms. The normalized spacial score (nSPS) is 16.6. The molecule has 1 fully saturated rings. The third-order valence-corrected chi connectivity index (χ3v) is 5.31. The molecule has 1 amide bonds. The average molecular weight is 369 g/mol. The monoisotopic (exact) mass is 369 g/mol. The lowest BCUT2D eigenvalue weighted by Crippen LogP contribution is -2.32. The summed E-state index contributed by atoms with van der Waals surface area (Å²) in [5, 5.41) is 2.83. The highest BCUT2D eigenvalue weighted by atomic mass is 16.2. The van der Waals surface area contributed by atoms with E-state index >= 15 is 0 Å². The van der Waals surface area contributed by atoms with Gasteiger partial charge in [0.05, 0.1) is 0 Å². The largest absolute Gasteiger partial charge is 0.353 e. The van der Waals surface area contributed by atoms with E-state index in [-0.39, 0.29) is 18.0 Å². The molecule has 0 aromatic carbocycles. The lowest BCUT2D eigenvalue weighted by molar-refractivity contribution is 0.0945. The van der Waals surface area contributed by atoms with Crippen LogP contribution in [0.4, 0.5) is 5.82 Å². The Morgan fingerprint density at radius 1 is 1.33 bits per heavy atom. The zero-order valence-electron chi connectivity index (χ0n) is 16.4. The van der Waals surface area contributed by atoms with Crippen LogP contribution in [0.3, 0.4) is 0 Å². The number of rotatable bonds is 5. The summed E-state index contributed by atoms with van der Waals surface area (Å²) in [4.78, 5) is 38.5. The molecule has 1 unspecified atom stereocenters. The molecule has 2 aromatic rings. The Morgan fingerprint density at radius 2 is 2.11 bits per heavy atom. The fourth-order valence-corrected chi connectivity index (χ4v) is 3.85. The number of aromatic nitrogens is 3. The number of amides is 1. The second-order valence-corrected chi connectivity index (χ2v) is 7.19. The van der Waals surface area contributed by atoms with E-state index < -0.39 is 0 Å². The first kappa shape index (κ1) is 19.1. The van der Waals surface area contributed by atoms with Crippen molar-refractivity contribution in [2.24, 2.45) is 0 Å². The van der Waals surface area contributed by atoms with E-state index in [0.717, 1.165) is 48.4 Å². The molecule has 27 heavy (non-hydrogen) atoms. The Morgan fingerprint density at radius 3 is 2.81 bits per heavy atom. The standard InChI is InChI=1S/C20H27N5O2/c1-5-15-7-6-8-25(15)18-14(4)17(22-11-23-18)20(27)21-10-16-12(2)9-13(3)24-19(16)26/h9,11,15H,5-8,10H2,1-4H3,(H,21,27)(H,24,26). The molecule has 0 saturated carbocycles. The first-order chi connectivity index (χ1) is 12.9. The topological polar surface area (TPSA) is 91.0 Å². The van der Waals surface area contributed by atoms with Gasteiger partial charge in [0.2, 0.25) is 0 Å². The van der Waals surface area contributed by atoms with E-state index in [1.165, 1.54) is 6.33 Å². The third-order valence-electron chi connectivity index (χ3n) is 5.31. The first-order valence-electron chi connectivity index (χ1n) is 9.48. The van der Waals surface area contributed by atoms with Crippen molar-refractivity contribution in [1.29, 1.82) is 0 Å². The number of aromatic amines is 1. The molecule has 2 aromatic heterocycles. The SMILES string of the molecule is CCC1CCCN1c1ncnc(C(=O)NCc2c(C)cc(C)[nH]c2=O)c1C. The molecule has 1 atom stereocenters. The number of hydrogen-bond acceptors (Lipinski definition) is 5. The van der Waals surface area contributed by atoms with Crippen LogP contribution in [0, 0.1) is 20.8 Å². The zero-order valence-corrected chi connectivity index (χ0v) is 16.4. The van der Waals surface area contributed by atoms with E-state index in [9.17, 15) is 9.59 Å². The highest BCUT2D eigenvalue weighted by Gasteiger charge is 2.27. The first-order valence-corrected chi connectivity index (χ1v) is 9.48. The number of H-pyrrole nitrogens is 1. The molecular weight excluding hydrogens is 342 g/mol. The predicted molar refractivity (Wildman–Crippen MR) is 105 cm³/mol. The van der Waals surface area contributed by atoms with Gasteiger partial charge in [-0.3, -0.25) is 9.59 Å². The molecule has 7 nitrogen and oxygen atoms in total. The van der Waals surface area contributed by atoms with Crippen LogP contribution in [-0.4, -0.2) is 33.4 Å². The molecule has 0 bridgehead atoms. The van der Waals surface area contributed by atoms with Crippen LogP contribution in [0.25, 0.3) is 0 Å². The Hall–Kier alpha value is -2.70. The van der Waals surface area contributed by atoms with Gasteiger partial charge in [-0.15, -0.1) is 0 Å². The van der Waals surface area contributed by atoms with Crippen LogP contribution in [-0.2, 0) is 6.54 Å². The van der Waals surface area contributed by atoms with Crippen molar-refractivity contribution in [2.75, 3.05) is 11.4 Å². The summed E-state index contributed by atoms with van der Waals surface area (Å²) in [6.45, 7) is 8.89. The molecule has 0 radical (unpaired) electrons. The molecule has 3 rings (SSSR count). The number of nitrogens with one attached hydrogen (secondary N) is 2. The van der Waals surface area contributed by atoms with E-state index in [4.69, 9.17) is 0 Å². The molecule has 1 aliphatic heterocycles. The maximum Gasteiger partial charge on any atom is 0.270 e. The van der Waals surface area contributed by atoms with Gasteiger partial charge in [0.1, 0.15) is 17.8 Å². The Bertz CT molecular complexity index is 906. The second kappa shape index (κ2) is 7.90. The lowest BCUT2D eigenvalue weighted by atomic mass is 10.1. The van der Waals surface area contributed by atoms with Gasteiger partial charge in [-0.05, 0) is 51.7 Å². The van der Waals surface area contributed by atoms with Crippen LogP contribution in [0.1, 0.15) is 59.1 Å². The minimum atomic E-state index is -0.289. The van der Waals surface area contributed by atoms with Crippen molar-refractivity contribution in [1.82, 2.24) is 20.3 Å². The third kappa shape index (κ3) is 3.86. The van der Waals surface area contributed by atoms with Gasteiger partial charge >= 0.3 is 0 Å². The highest BCUT2D eigenvalue weighted by Crippen LogP contribution is 2.28. The lowest BCUT2D eigenvalue weighted by Gasteiger charge is -2.26. The van der Waals surface area contributed by atoms with Crippen LogP contribution < -0.4 is 15.8 Å². The predicted octanol–water partition coefficient (Wildman–Crippen LogP) is 2.40. The number of anilines is 1. The number of carbonyl (C=O) groups excluding carboxylic acids is 1. The van der Waals surface area contributed by atoms with Crippen LogP contribution >= 0.6 is 0 Å². The van der Waals surface area contributed by atoms with Gasteiger partial charge < -0.3 is 15.2 Å². The number of pyridine rings is 1. The van der Waals surface area contributed by atoms with E-state index in [0.29, 0.717) is 17.3 Å². The van der Waals surface area contributed by atoms with Gasteiger partial charge in [0.25, 0.3) is 11.5 Å². The van der Waals surface area contributed by atoms with Gasteiger partial charge in [-0.2, -0.15) is 0 Å². The molecule has 144 valence electrons. The van der Waals surface area contributed by atoms with Crippen LogP contribution in [0.5, 0.6) is 0 Å². The smallest absolute Gasteiger partial charge is 0.270 e. The minimum absolute atomic E-state index is 0.167. The maximum absolute atomic E-state index is 12.7. The van der Waals surface area contributed by atoms with Crippen LogP contribution in [0.15, 0.2) is 17.2 Å². The number of nitrogens with zero attached hydrogens (tertiary/aromatic N) is 3. The molecule has 1 aliphatic rings. The molecule has 2 N–H and O–H groups in total. The van der Waals surface area contributed by atoms with E-state index in [2.05, 4.69) is 32.1 Å². The van der Waals surface area contributed by atoms with Crippen LogP contribution in [0.2, 0.25) is 0 Å². The number of hydrogen-bond donors (Lipinski definition) is 2. The molecular formula is C20H27N5O2. The second-order valence-electron chi connectivity index (χ2n) is 7.19. The van der Waals surface area contributed by atoms with E-state index in [1.807, 2.05) is 26.8 Å². The molecule has 3 heterocycles. The summed E-state index contributed by atoms with van der Waals surface area (Å²) < 4.78 is 0. The average Bonchev–Trinajstić information content (AvgIpc) is 3.09. The molecule has 0 aliphatic carbocycles. The minimum Gasteiger partial charge on any atom is -0.353 e. The fraction of sp³-hybridized carbons (Fsp3) is 0.500. The van der Waals surface area contributed by atoms with Gasteiger partial charge in [0.15, 0.2) is 0 Å². The Labute approximate surface area is 159 Å². The van der Waals surface area contributed by atoms with Crippen molar-refractivity contribution in [2.45, 2.75) is 59.5 Å². The summed E-state index contributed by atoms with van der Waals surface area (Å²) >= 11 is 0. The highest BCUT2D eigenvalue weighted by molar-refractivity contribution is 5.94.